The molecule has 0 aliphatic heterocycles. The molecule has 0 aliphatic carbocycles. The van der Waals surface area contributed by atoms with E-state index < -0.39 is 0 Å². The Bertz CT molecular complexity index is 23.7. The van der Waals surface area contributed by atoms with Gasteiger partial charge >= 0.3 is 19.3 Å². The van der Waals surface area contributed by atoms with Crippen LogP contribution in [0, 0.1) is 6.92 Å². The molecule has 2 nitrogen and oxygen atoms in total. The van der Waals surface area contributed by atoms with E-state index in [-0.39, 0.29) is 6.61 Å². The first-order valence-electron chi connectivity index (χ1n) is 1.95. The van der Waals surface area contributed by atoms with Crippen LogP contribution in [0.4, 0.5) is 0 Å². The molecule has 0 rings (SSSR count). The average molecular weight is 148 g/mol. The van der Waals surface area contributed by atoms with Gasteiger partial charge in [0.1, 0.15) is 0 Å². The summed E-state index contributed by atoms with van der Waals surface area (Å²) in [6, 6.07) is 0. The molecule has 7 heavy (non-hydrogen) atoms. The first kappa shape index (κ1) is 10.3. The van der Waals surface area contributed by atoms with Crippen LogP contribution in [0.3, 0.4) is 0 Å². The van der Waals surface area contributed by atoms with Crippen LogP contribution in [-0.4, -0.2) is 11.7 Å². The van der Waals surface area contributed by atoms with Crippen molar-refractivity contribution in [3.63, 3.8) is 0 Å². The van der Waals surface area contributed by atoms with Gasteiger partial charge in [-0.1, -0.05) is 6.42 Å². The van der Waals surface area contributed by atoms with E-state index in [0.717, 1.165) is 12.8 Å². The van der Waals surface area contributed by atoms with Gasteiger partial charge in [0.15, 0.2) is 0 Å². The van der Waals surface area contributed by atoms with Gasteiger partial charge in [0.25, 0.3) is 0 Å². The van der Waals surface area contributed by atoms with E-state index in [1.165, 1.54) is 0 Å². The number of unbranched alkanes of at least 4 members (excludes halogenated alkanes) is 1. The molecule has 0 saturated carbocycles. The number of rotatable bonds is 2. The van der Waals surface area contributed by atoms with Gasteiger partial charge in [-0.2, -0.15) is 6.42 Å². The van der Waals surface area contributed by atoms with Gasteiger partial charge < -0.3 is 12.0 Å². The third-order valence-corrected chi connectivity index (χ3v) is 0.408. The second-order valence-electron chi connectivity index (χ2n) is 0.931. The van der Waals surface area contributed by atoms with Crippen molar-refractivity contribution in [3.8, 4) is 0 Å². The van der Waals surface area contributed by atoms with Crippen LogP contribution < -0.4 is 0 Å². The normalized spacial score (nSPS) is 6.86. The number of aliphatic hydroxyl groups is 1. The molecule has 0 aromatic rings. The molecule has 0 amide bonds. The van der Waals surface area contributed by atoms with Crippen molar-refractivity contribution in [1.82, 2.24) is 0 Å². The number of aliphatic hydroxyl groups excluding tert-OH is 1. The van der Waals surface area contributed by atoms with Crippen molar-refractivity contribution in [2.24, 2.45) is 0 Å². The Balaban J connectivity index is 0. The van der Waals surface area contributed by atoms with Crippen molar-refractivity contribution in [3.05, 3.63) is 6.92 Å². The summed E-state index contributed by atoms with van der Waals surface area (Å²) in [6.07, 6.45) is 1.68. The van der Waals surface area contributed by atoms with Crippen molar-refractivity contribution in [1.29, 1.82) is 0 Å². The van der Waals surface area contributed by atoms with Crippen LogP contribution in [0.2, 0.25) is 0 Å². The molecule has 0 aromatic carbocycles. The molecular weight excluding hydrogens is 139 g/mol. The topological polar surface area (TPSA) is 37.3 Å². The summed E-state index contributed by atoms with van der Waals surface area (Å²) >= 11 is 2.62. The van der Waals surface area contributed by atoms with Crippen LogP contribution in [0.25, 0.3) is 0 Å². The number of hydrogen-bond acceptors (Lipinski definition) is 2. The van der Waals surface area contributed by atoms with Crippen LogP contribution in [0.15, 0.2) is 0 Å². The van der Waals surface area contributed by atoms with E-state index >= 15 is 0 Å². The Morgan fingerprint density at radius 3 is 2.00 bits per heavy atom. The molecule has 0 aromatic heterocycles. The fraction of sp³-hybridized carbons (Fsp3) is 0.750. The maximum atomic E-state index is 8.03. The second kappa shape index (κ2) is 16.3. The molecule has 48 valence electrons. The van der Waals surface area contributed by atoms with Gasteiger partial charge in [0, 0.05) is 6.61 Å². The minimum atomic E-state index is 0.281. The second-order valence-corrected chi connectivity index (χ2v) is 0.931. The SMILES string of the molecule is [CH2-]CCCO.[O]=[Ni]. The quantitative estimate of drug-likeness (QED) is 0.456. The number of hydrogen-bond donors (Lipinski definition) is 1. The predicted octanol–water partition coefficient (Wildman–Crippen LogP) is 0.472. The first-order valence-corrected chi connectivity index (χ1v) is 2.35. The zero-order valence-electron chi connectivity index (χ0n) is 4.00. The van der Waals surface area contributed by atoms with Crippen LogP contribution >= 0.6 is 0 Å². The molecule has 0 bridgehead atoms. The van der Waals surface area contributed by atoms with Gasteiger partial charge in [-0.05, 0) is 0 Å². The Labute approximate surface area is 51.5 Å². The zero-order chi connectivity index (χ0) is 6.12. The fourth-order valence-electron chi connectivity index (χ4n) is 0.112. The Kier molecular flexibility index (Phi) is 23.9. The predicted molar refractivity (Wildman–Crippen MR) is 22.4 cm³/mol. The molecule has 0 heterocycles. The Hall–Kier alpha value is 0.254. The van der Waals surface area contributed by atoms with Crippen molar-refractivity contribution in [2.45, 2.75) is 12.8 Å². The van der Waals surface area contributed by atoms with E-state index in [0.29, 0.717) is 0 Å². The van der Waals surface area contributed by atoms with Crippen LogP contribution in [0.5, 0.6) is 0 Å². The molecule has 0 unspecified atom stereocenters. The Morgan fingerprint density at radius 1 is 1.57 bits per heavy atom. The minimum absolute atomic E-state index is 0.281. The van der Waals surface area contributed by atoms with Crippen LogP contribution in [0.1, 0.15) is 12.8 Å². The maximum absolute atomic E-state index is 8.03. The summed E-state index contributed by atoms with van der Waals surface area (Å²) in [7, 11) is 0. The van der Waals surface area contributed by atoms with Gasteiger partial charge in [-0.15, -0.1) is 0 Å². The van der Waals surface area contributed by atoms with Crippen LogP contribution in [-0.2, 0) is 19.3 Å². The third-order valence-electron chi connectivity index (χ3n) is 0.408. The van der Waals surface area contributed by atoms with Crippen molar-refractivity contribution in [2.75, 3.05) is 6.61 Å². The van der Waals surface area contributed by atoms with Gasteiger partial charge in [-0.25, -0.2) is 0 Å². The van der Waals surface area contributed by atoms with E-state index in [9.17, 15) is 0 Å². The summed E-state index contributed by atoms with van der Waals surface area (Å²) in [4.78, 5) is 0. The Morgan fingerprint density at radius 2 is 2.00 bits per heavy atom. The van der Waals surface area contributed by atoms with Gasteiger partial charge in [0.2, 0.25) is 0 Å². The van der Waals surface area contributed by atoms with E-state index in [2.05, 4.69) is 22.3 Å². The molecule has 0 spiro atoms. The van der Waals surface area contributed by atoms with Gasteiger partial charge in [0.05, 0.1) is 0 Å². The third kappa shape index (κ3) is 22.3. The molecule has 0 saturated heterocycles. The summed E-state index contributed by atoms with van der Waals surface area (Å²) < 4.78 is 7.88. The fourth-order valence-corrected chi connectivity index (χ4v) is 0.112. The monoisotopic (exact) mass is 147 g/mol. The first-order chi connectivity index (χ1) is 3.41. The summed E-state index contributed by atoms with van der Waals surface area (Å²) in [6.45, 7) is 3.80. The molecule has 0 radical (unpaired) electrons. The standard InChI is InChI=1S/C4H9O.Ni.O/c1-2-3-4-5;;/h5H,1-4H2;;/q-1;;. The summed E-state index contributed by atoms with van der Waals surface area (Å²) in [5.41, 5.74) is 0. The molecule has 0 aliphatic rings. The summed E-state index contributed by atoms with van der Waals surface area (Å²) in [5.74, 6) is 0. The molecule has 3 heteroatoms. The summed E-state index contributed by atoms with van der Waals surface area (Å²) in [5, 5.41) is 8.03. The zero-order valence-corrected chi connectivity index (χ0v) is 4.99. The molecular formula is C4H9NiO2-. The van der Waals surface area contributed by atoms with E-state index in [1.54, 1.807) is 0 Å². The molecule has 0 fully saturated rings. The van der Waals surface area contributed by atoms with E-state index in [1.807, 2.05) is 0 Å². The molecule has 1 N–H and O–H groups in total. The van der Waals surface area contributed by atoms with E-state index in [4.69, 9.17) is 9.00 Å². The van der Waals surface area contributed by atoms with Gasteiger partial charge in [-0.3, -0.25) is 0 Å². The van der Waals surface area contributed by atoms with Crippen molar-refractivity contribution >= 4 is 0 Å². The van der Waals surface area contributed by atoms with Crippen molar-refractivity contribution < 1.29 is 24.4 Å². The average Bonchev–Trinajstić information content (AvgIpc) is 1.75. The molecule has 0 atom stereocenters.